The highest BCUT2D eigenvalue weighted by molar-refractivity contribution is 5.99. The Labute approximate surface area is 118 Å². The standard InChI is InChI=1S/C14H19N3O3/c1-15-13(19)14(10-20-2)6-3-9-17(14)12(18)11-4-7-16-8-5-11/h4-5,7-8H,3,6,9-10H2,1-2H3,(H,15,19). The van der Waals surface area contributed by atoms with Gasteiger partial charge >= 0.3 is 0 Å². The Hall–Kier alpha value is -1.95. The smallest absolute Gasteiger partial charge is 0.254 e. The number of aromatic nitrogens is 1. The SMILES string of the molecule is CNC(=O)C1(COC)CCCN1C(=O)c1ccncc1. The first-order valence-electron chi connectivity index (χ1n) is 6.59. The van der Waals surface area contributed by atoms with Crippen LogP contribution in [0.25, 0.3) is 0 Å². The maximum absolute atomic E-state index is 12.6. The molecule has 0 aliphatic carbocycles. The summed E-state index contributed by atoms with van der Waals surface area (Å²) in [5.41, 5.74) is -0.379. The van der Waals surface area contributed by atoms with Crippen molar-refractivity contribution in [3.05, 3.63) is 30.1 Å². The molecule has 0 spiro atoms. The molecule has 1 fully saturated rings. The molecule has 2 rings (SSSR count). The zero-order valence-corrected chi connectivity index (χ0v) is 11.8. The maximum Gasteiger partial charge on any atom is 0.254 e. The Morgan fingerprint density at radius 3 is 2.75 bits per heavy atom. The van der Waals surface area contributed by atoms with Crippen molar-refractivity contribution >= 4 is 11.8 Å². The number of nitrogens with zero attached hydrogens (tertiary/aromatic N) is 2. The molecule has 6 heteroatoms. The first-order chi connectivity index (χ1) is 9.65. The Balaban J connectivity index is 2.33. The summed E-state index contributed by atoms with van der Waals surface area (Å²) >= 11 is 0. The molecule has 1 saturated heterocycles. The monoisotopic (exact) mass is 277 g/mol. The maximum atomic E-state index is 12.6. The first-order valence-corrected chi connectivity index (χ1v) is 6.59. The van der Waals surface area contributed by atoms with Crippen LogP contribution in [-0.4, -0.2) is 54.5 Å². The normalized spacial score (nSPS) is 21.8. The lowest BCUT2D eigenvalue weighted by Gasteiger charge is -2.36. The van der Waals surface area contributed by atoms with Gasteiger partial charge in [0.2, 0.25) is 5.91 Å². The first kappa shape index (κ1) is 14.5. The lowest BCUT2D eigenvalue weighted by molar-refractivity contribution is -0.133. The van der Waals surface area contributed by atoms with Gasteiger partial charge in [0.05, 0.1) is 6.61 Å². The topological polar surface area (TPSA) is 71.5 Å². The molecule has 1 aromatic rings. The van der Waals surface area contributed by atoms with Gasteiger partial charge in [0, 0.05) is 38.7 Å². The number of amides is 2. The van der Waals surface area contributed by atoms with Crippen molar-refractivity contribution in [3.63, 3.8) is 0 Å². The molecule has 20 heavy (non-hydrogen) atoms. The molecule has 6 nitrogen and oxygen atoms in total. The summed E-state index contributed by atoms with van der Waals surface area (Å²) in [5.74, 6) is -0.343. The molecule has 1 N–H and O–H groups in total. The van der Waals surface area contributed by atoms with E-state index in [2.05, 4.69) is 10.3 Å². The largest absolute Gasteiger partial charge is 0.382 e. The average Bonchev–Trinajstić information content (AvgIpc) is 2.91. The van der Waals surface area contributed by atoms with Gasteiger partial charge in [-0.2, -0.15) is 0 Å². The second kappa shape index (κ2) is 6.00. The number of likely N-dealkylation sites (tertiary alicyclic amines) is 1. The number of carbonyl (C=O) groups is 2. The van der Waals surface area contributed by atoms with Gasteiger partial charge in [0.25, 0.3) is 5.91 Å². The molecule has 1 aliphatic rings. The highest BCUT2D eigenvalue weighted by Crippen LogP contribution is 2.31. The van der Waals surface area contributed by atoms with Gasteiger partial charge in [-0.1, -0.05) is 0 Å². The van der Waals surface area contributed by atoms with Crippen LogP contribution >= 0.6 is 0 Å². The molecular weight excluding hydrogens is 258 g/mol. The summed E-state index contributed by atoms with van der Waals surface area (Å²) in [4.78, 5) is 30.4. The van der Waals surface area contributed by atoms with Crippen LogP contribution in [0.15, 0.2) is 24.5 Å². The van der Waals surface area contributed by atoms with E-state index in [-0.39, 0.29) is 18.4 Å². The predicted octanol–water partition coefficient (Wildman–Crippen LogP) is 0.449. The van der Waals surface area contributed by atoms with Crippen LogP contribution in [0.2, 0.25) is 0 Å². The highest BCUT2D eigenvalue weighted by Gasteiger charge is 2.49. The highest BCUT2D eigenvalue weighted by atomic mass is 16.5. The minimum atomic E-state index is -0.913. The zero-order chi connectivity index (χ0) is 14.6. The Morgan fingerprint density at radius 2 is 2.15 bits per heavy atom. The van der Waals surface area contributed by atoms with Gasteiger partial charge in [-0.15, -0.1) is 0 Å². The molecule has 1 aromatic heterocycles. The molecule has 1 atom stereocenters. The fourth-order valence-corrected chi connectivity index (χ4v) is 2.75. The summed E-state index contributed by atoms with van der Waals surface area (Å²) in [6.07, 6.45) is 4.54. The Morgan fingerprint density at radius 1 is 1.45 bits per heavy atom. The van der Waals surface area contributed by atoms with Crippen LogP contribution in [0.5, 0.6) is 0 Å². The predicted molar refractivity (Wildman–Crippen MR) is 73.2 cm³/mol. The van der Waals surface area contributed by atoms with E-state index in [0.29, 0.717) is 18.5 Å². The Bertz CT molecular complexity index is 492. The molecule has 0 bridgehead atoms. The van der Waals surface area contributed by atoms with E-state index < -0.39 is 5.54 Å². The fourth-order valence-electron chi connectivity index (χ4n) is 2.75. The van der Waals surface area contributed by atoms with Crippen molar-refractivity contribution in [3.8, 4) is 0 Å². The van der Waals surface area contributed by atoms with Crippen molar-refractivity contribution in [2.24, 2.45) is 0 Å². The number of hydrogen-bond acceptors (Lipinski definition) is 4. The van der Waals surface area contributed by atoms with E-state index in [4.69, 9.17) is 4.74 Å². The minimum Gasteiger partial charge on any atom is -0.382 e. The van der Waals surface area contributed by atoms with Crippen LogP contribution in [0.1, 0.15) is 23.2 Å². The number of ether oxygens (including phenoxy) is 1. The van der Waals surface area contributed by atoms with Crippen LogP contribution in [0.4, 0.5) is 0 Å². The summed E-state index contributed by atoms with van der Waals surface area (Å²) < 4.78 is 5.20. The third-order valence-corrected chi connectivity index (χ3v) is 3.69. The lowest BCUT2D eigenvalue weighted by Crippen LogP contribution is -2.59. The van der Waals surface area contributed by atoms with Crippen LogP contribution in [-0.2, 0) is 9.53 Å². The van der Waals surface area contributed by atoms with Gasteiger partial charge in [0.15, 0.2) is 0 Å². The van der Waals surface area contributed by atoms with Crippen molar-refractivity contribution < 1.29 is 14.3 Å². The van der Waals surface area contributed by atoms with Crippen LogP contribution < -0.4 is 5.32 Å². The van der Waals surface area contributed by atoms with Crippen molar-refractivity contribution in [1.29, 1.82) is 0 Å². The number of carbonyl (C=O) groups excluding carboxylic acids is 2. The van der Waals surface area contributed by atoms with Crippen molar-refractivity contribution in [1.82, 2.24) is 15.2 Å². The molecule has 108 valence electrons. The number of methoxy groups -OCH3 is 1. The van der Waals surface area contributed by atoms with E-state index in [1.807, 2.05) is 0 Å². The number of likely N-dealkylation sites (N-methyl/N-ethyl adjacent to an activating group) is 1. The Kier molecular flexibility index (Phi) is 4.34. The summed E-state index contributed by atoms with van der Waals surface area (Å²) in [6.45, 7) is 0.751. The molecule has 0 aromatic carbocycles. The van der Waals surface area contributed by atoms with Gasteiger partial charge in [-0.3, -0.25) is 14.6 Å². The average molecular weight is 277 g/mol. The molecule has 0 radical (unpaired) electrons. The molecular formula is C14H19N3O3. The van der Waals surface area contributed by atoms with Crippen molar-refractivity contribution in [2.45, 2.75) is 18.4 Å². The second-order valence-corrected chi connectivity index (χ2v) is 4.84. The number of pyridine rings is 1. The summed E-state index contributed by atoms with van der Waals surface area (Å²) in [6, 6.07) is 3.31. The van der Waals surface area contributed by atoms with E-state index in [1.165, 1.54) is 7.11 Å². The van der Waals surface area contributed by atoms with Gasteiger partial charge in [-0.05, 0) is 25.0 Å². The molecule has 0 saturated carbocycles. The molecule has 2 heterocycles. The summed E-state index contributed by atoms with van der Waals surface area (Å²) in [5, 5.41) is 2.64. The molecule has 1 aliphatic heterocycles. The fraction of sp³-hybridized carbons (Fsp3) is 0.500. The van der Waals surface area contributed by atoms with Gasteiger partial charge < -0.3 is 15.0 Å². The van der Waals surface area contributed by atoms with Crippen molar-refractivity contribution in [2.75, 3.05) is 27.3 Å². The molecule has 1 unspecified atom stereocenters. The van der Waals surface area contributed by atoms with Crippen LogP contribution in [0, 0.1) is 0 Å². The van der Waals surface area contributed by atoms with E-state index in [1.54, 1.807) is 36.5 Å². The number of nitrogens with one attached hydrogen (secondary N) is 1. The molecule has 2 amide bonds. The lowest BCUT2D eigenvalue weighted by atomic mass is 9.95. The summed E-state index contributed by atoms with van der Waals surface area (Å²) in [7, 11) is 3.12. The van der Waals surface area contributed by atoms with Gasteiger partial charge in [0.1, 0.15) is 5.54 Å². The second-order valence-electron chi connectivity index (χ2n) is 4.84. The van der Waals surface area contributed by atoms with E-state index in [9.17, 15) is 9.59 Å². The third-order valence-electron chi connectivity index (χ3n) is 3.69. The minimum absolute atomic E-state index is 0.162. The quantitative estimate of drug-likeness (QED) is 0.867. The van der Waals surface area contributed by atoms with E-state index >= 15 is 0 Å². The zero-order valence-electron chi connectivity index (χ0n) is 11.8. The number of rotatable bonds is 4. The van der Waals surface area contributed by atoms with E-state index in [0.717, 1.165) is 6.42 Å². The van der Waals surface area contributed by atoms with Gasteiger partial charge in [-0.25, -0.2) is 0 Å². The van der Waals surface area contributed by atoms with Crippen LogP contribution in [0.3, 0.4) is 0 Å². The third kappa shape index (κ3) is 2.38. The number of hydrogen-bond donors (Lipinski definition) is 1.